The van der Waals surface area contributed by atoms with Crippen molar-refractivity contribution in [2.45, 2.75) is 0 Å². The number of rotatable bonds is 2. The molecule has 23 heavy (non-hydrogen) atoms. The molecule has 0 fully saturated rings. The van der Waals surface area contributed by atoms with Gasteiger partial charge in [0.15, 0.2) is 0 Å². The number of benzene rings is 2. The molecule has 4 rings (SSSR count). The maximum absolute atomic E-state index is 9.11. The van der Waals surface area contributed by atoms with E-state index in [1.807, 2.05) is 35.8 Å². The highest BCUT2D eigenvalue weighted by molar-refractivity contribution is 7.16. The molecule has 0 aliphatic rings. The van der Waals surface area contributed by atoms with Crippen LogP contribution in [0.1, 0.15) is 5.56 Å². The fourth-order valence-electron chi connectivity index (χ4n) is 2.63. The maximum Gasteiger partial charge on any atom is 0.0991 e. The minimum atomic E-state index is 0.636. The zero-order valence-electron chi connectivity index (χ0n) is 12.1. The predicted molar refractivity (Wildman–Crippen MR) is 93.0 cm³/mol. The van der Waals surface area contributed by atoms with E-state index in [2.05, 4.69) is 34.2 Å². The molecule has 0 radical (unpaired) electrons. The quantitative estimate of drug-likeness (QED) is 0.529. The summed E-state index contributed by atoms with van der Waals surface area (Å²) in [5.41, 5.74) is 7.49. The summed E-state index contributed by atoms with van der Waals surface area (Å²) in [6.07, 6.45) is 1.78. The SMILES string of the molecule is N#Cc1cccc(-c2ncccc2-c2ccc3ncsc3c2)c1. The molecular formula is C19H11N3S. The van der Waals surface area contributed by atoms with Crippen molar-refractivity contribution in [1.29, 1.82) is 5.26 Å². The summed E-state index contributed by atoms with van der Waals surface area (Å²) in [5.74, 6) is 0. The van der Waals surface area contributed by atoms with E-state index in [0.717, 1.165) is 32.6 Å². The van der Waals surface area contributed by atoms with Gasteiger partial charge in [-0.25, -0.2) is 4.98 Å². The number of fused-ring (bicyclic) bond motifs is 1. The van der Waals surface area contributed by atoms with Gasteiger partial charge in [0.1, 0.15) is 0 Å². The average molecular weight is 313 g/mol. The monoisotopic (exact) mass is 313 g/mol. The van der Waals surface area contributed by atoms with Gasteiger partial charge in [-0.1, -0.05) is 24.3 Å². The zero-order chi connectivity index (χ0) is 15.6. The highest BCUT2D eigenvalue weighted by atomic mass is 32.1. The van der Waals surface area contributed by atoms with Crippen molar-refractivity contribution in [3.8, 4) is 28.5 Å². The van der Waals surface area contributed by atoms with Gasteiger partial charge < -0.3 is 0 Å². The van der Waals surface area contributed by atoms with Crippen molar-refractivity contribution in [3.05, 3.63) is 71.9 Å². The molecule has 108 valence electrons. The Morgan fingerprint density at radius 2 is 1.87 bits per heavy atom. The number of hydrogen-bond acceptors (Lipinski definition) is 4. The van der Waals surface area contributed by atoms with Gasteiger partial charge in [-0.3, -0.25) is 4.98 Å². The molecule has 0 aliphatic carbocycles. The molecule has 2 aromatic heterocycles. The Morgan fingerprint density at radius 3 is 2.78 bits per heavy atom. The van der Waals surface area contributed by atoms with Gasteiger partial charge >= 0.3 is 0 Å². The molecule has 3 nitrogen and oxygen atoms in total. The largest absolute Gasteiger partial charge is 0.256 e. The third kappa shape index (κ3) is 2.48. The van der Waals surface area contributed by atoms with Gasteiger partial charge in [-0.05, 0) is 35.9 Å². The van der Waals surface area contributed by atoms with Crippen LogP contribution in [0.25, 0.3) is 32.6 Å². The lowest BCUT2D eigenvalue weighted by Crippen LogP contribution is -1.89. The van der Waals surface area contributed by atoms with Crippen LogP contribution in [-0.4, -0.2) is 9.97 Å². The van der Waals surface area contributed by atoms with Crippen LogP contribution in [0.3, 0.4) is 0 Å². The number of thiazole rings is 1. The fraction of sp³-hybridized carbons (Fsp3) is 0. The van der Waals surface area contributed by atoms with Crippen molar-refractivity contribution in [3.63, 3.8) is 0 Å². The molecule has 0 bridgehead atoms. The van der Waals surface area contributed by atoms with Gasteiger partial charge in [0.05, 0.1) is 33.1 Å². The van der Waals surface area contributed by atoms with Gasteiger partial charge in [-0.15, -0.1) is 11.3 Å². The van der Waals surface area contributed by atoms with E-state index in [1.165, 1.54) is 0 Å². The first-order chi connectivity index (χ1) is 11.3. The molecule has 0 atom stereocenters. The summed E-state index contributed by atoms with van der Waals surface area (Å²) in [5, 5.41) is 9.11. The summed E-state index contributed by atoms with van der Waals surface area (Å²) in [6.45, 7) is 0. The number of nitrogens with zero attached hydrogens (tertiary/aromatic N) is 3. The van der Waals surface area contributed by atoms with Crippen LogP contribution in [0.4, 0.5) is 0 Å². The highest BCUT2D eigenvalue weighted by Gasteiger charge is 2.10. The van der Waals surface area contributed by atoms with E-state index in [1.54, 1.807) is 23.6 Å². The van der Waals surface area contributed by atoms with Crippen LogP contribution in [0.15, 0.2) is 66.3 Å². The second-order valence-corrected chi connectivity index (χ2v) is 6.01. The smallest absolute Gasteiger partial charge is 0.0991 e. The Balaban J connectivity index is 1.91. The van der Waals surface area contributed by atoms with Gasteiger partial charge in [0.2, 0.25) is 0 Å². The first-order valence-electron chi connectivity index (χ1n) is 7.14. The minimum Gasteiger partial charge on any atom is -0.256 e. The first-order valence-corrected chi connectivity index (χ1v) is 8.02. The van der Waals surface area contributed by atoms with Crippen LogP contribution < -0.4 is 0 Å². The van der Waals surface area contributed by atoms with Crippen LogP contribution in [0.2, 0.25) is 0 Å². The lowest BCUT2D eigenvalue weighted by atomic mass is 9.98. The van der Waals surface area contributed by atoms with E-state index in [-0.39, 0.29) is 0 Å². The Labute approximate surface area is 137 Å². The van der Waals surface area contributed by atoms with Crippen molar-refractivity contribution < 1.29 is 0 Å². The Kier molecular flexibility index (Phi) is 3.34. The van der Waals surface area contributed by atoms with Crippen molar-refractivity contribution in [1.82, 2.24) is 9.97 Å². The van der Waals surface area contributed by atoms with Crippen molar-refractivity contribution in [2.75, 3.05) is 0 Å². The molecule has 4 aromatic rings. The molecule has 2 aromatic carbocycles. The third-order valence-electron chi connectivity index (χ3n) is 3.72. The summed E-state index contributed by atoms with van der Waals surface area (Å²) in [7, 11) is 0. The van der Waals surface area contributed by atoms with Crippen LogP contribution in [0, 0.1) is 11.3 Å². The fourth-order valence-corrected chi connectivity index (χ4v) is 3.34. The molecule has 0 saturated heterocycles. The third-order valence-corrected chi connectivity index (χ3v) is 4.51. The molecule has 0 aliphatic heterocycles. The molecule has 0 unspecified atom stereocenters. The van der Waals surface area contributed by atoms with E-state index in [9.17, 15) is 0 Å². The minimum absolute atomic E-state index is 0.636. The lowest BCUT2D eigenvalue weighted by Gasteiger charge is -2.09. The Morgan fingerprint density at radius 1 is 0.913 bits per heavy atom. The van der Waals surface area contributed by atoms with Gasteiger partial charge in [-0.2, -0.15) is 5.26 Å². The molecule has 0 N–H and O–H groups in total. The van der Waals surface area contributed by atoms with E-state index in [4.69, 9.17) is 5.26 Å². The van der Waals surface area contributed by atoms with E-state index in [0.29, 0.717) is 5.56 Å². The first kappa shape index (κ1) is 13.6. The summed E-state index contributed by atoms with van der Waals surface area (Å²) >= 11 is 1.63. The summed E-state index contributed by atoms with van der Waals surface area (Å²) < 4.78 is 1.16. The van der Waals surface area contributed by atoms with Crippen LogP contribution in [0.5, 0.6) is 0 Å². The molecule has 2 heterocycles. The predicted octanol–water partition coefficient (Wildman–Crippen LogP) is 4.90. The molecule has 0 spiro atoms. The second kappa shape index (κ2) is 5.64. The molecular weight excluding hydrogens is 302 g/mol. The van der Waals surface area contributed by atoms with Gasteiger partial charge in [0.25, 0.3) is 0 Å². The Hall–Kier alpha value is -3.03. The highest BCUT2D eigenvalue weighted by Crippen LogP contribution is 2.32. The topological polar surface area (TPSA) is 49.6 Å². The molecule has 0 saturated carbocycles. The van der Waals surface area contributed by atoms with Gasteiger partial charge in [0, 0.05) is 17.3 Å². The average Bonchev–Trinajstić information content (AvgIpc) is 3.09. The van der Waals surface area contributed by atoms with Crippen molar-refractivity contribution in [2.24, 2.45) is 0 Å². The number of pyridine rings is 1. The zero-order valence-corrected chi connectivity index (χ0v) is 12.9. The standard InChI is InChI=1S/C19H11N3S/c20-11-13-3-1-4-15(9-13)19-16(5-2-8-21-19)14-6-7-17-18(10-14)23-12-22-17/h1-10,12H. The second-order valence-electron chi connectivity index (χ2n) is 5.13. The number of nitriles is 1. The van der Waals surface area contributed by atoms with Crippen LogP contribution in [-0.2, 0) is 0 Å². The number of aromatic nitrogens is 2. The van der Waals surface area contributed by atoms with E-state index >= 15 is 0 Å². The number of hydrogen-bond donors (Lipinski definition) is 0. The Bertz CT molecular complexity index is 1040. The molecule has 4 heteroatoms. The summed E-state index contributed by atoms with van der Waals surface area (Å²) in [4.78, 5) is 8.87. The van der Waals surface area contributed by atoms with Crippen LogP contribution >= 0.6 is 11.3 Å². The summed E-state index contributed by atoms with van der Waals surface area (Å²) in [6, 6.07) is 20.0. The lowest BCUT2D eigenvalue weighted by molar-refractivity contribution is 1.32. The maximum atomic E-state index is 9.11. The normalized spacial score (nSPS) is 10.6. The molecule has 0 amide bonds. The van der Waals surface area contributed by atoms with Crippen molar-refractivity contribution >= 4 is 21.6 Å². The van der Waals surface area contributed by atoms with E-state index < -0.39 is 0 Å².